The number of hydrogen-bond donors (Lipinski definition) is 4. The fourth-order valence-corrected chi connectivity index (χ4v) is 10.8. The summed E-state index contributed by atoms with van der Waals surface area (Å²) in [7, 11) is 0. The molecule has 1 saturated heterocycles. The van der Waals surface area contributed by atoms with Gasteiger partial charge >= 0.3 is 0 Å². The van der Waals surface area contributed by atoms with Crippen molar-refractivity contribution in [3.63, 3.8) is 0 Å². The molecule has 4 atom stereocenters. The summed E-state index contributed by atoms with van der Waals surface area (Å²) in [5, 5.41) is 29.9. The van der Waals surface area contributed by atoms with E-state index < -0.39 is 35.6 Å². The Morgan fingerprint density at radius 2 is 1.59 bits per heavy atom. The topological polar surface area (TPSA) is 193 Å². The lowest BCUT2D eigenvalue weighted by Crippen LogP contribution is -2.58. The van der Waals surface area contributed by atoms with Crippen molar-refractivity contribution in [2.24, 2.45) is 10.4 Å². The first-order valence-electron chi connectivity index (χ1n) is 22.8. The summed E-state index contributed by atoms with van der Waals surface area (Å²) in [5.41, 5.74) is 8.46. The maximum absolute atomic E-state index is 14.2. The van der Waals surface area contributed by atoms with E-state index >= 15 is 0 Å². The minimum atomic E-state index is -0.962. The molecule has 0 bridgehead atoms. The summed E-state index contributed by atoms with van der Waals surface area (Å²) in [5.74, 6) is 0.463. The lowest BCUT2D eigenvalue weighted by Gasteiger charge is -2.35. The fourth-order valence-electron chi connectivity index (χ4n) is 8.62. The molecule has 4 N–H and O–H groups in total. The van der Waals surface area contributed by atoms with Crippen LogP contribution >= 0.6 is 34.3 Å². The highest BCUT2D eigenvalue weighted by molar-refractivity contribution is 7.15. The van der Waals surface area contributed by atoms with Gasteiger partial charge in [0.2, 0.25) is 23.6 Å². The molecule has 0 aliphatic carbocycles. The highest BCUT2D eigenvalue weighted by Gasteiger charge is 2.44. The van der Waals surface area contributed by atoms with Crippen LogP contribution in [0.3, 0.4) is 0 Å². The number of aliphatic hydroxyl groups is 1. The van der Waals surface area contributed by atoms with Crippen molar-refractivity contribution < 1.29 is 29.0 Å². The number of ether oxygens (including phenoxy) is 1. The number of halogens is 1. The lowest BCUT2D eigenvalue weighted by molar-refractivity contribution is -0.144. The zero-order valence-electron chi connectivity index (χ0n) is 39.6. The Kier molecular flexibility index (Phi) is 14.8. The van der Waals surface area contributed by atoms with E-state index in [1.54, 1.807) is 46.9 Å². The molecular formula is C51H56ClN9O6S2. The third-order valence-electron chi connectivity index (χ3n) is 12.4. The molecule has 4 amide bonds. The van der Waals surface area contributed by atoms with E-state index in [2.05, 4.69) is 45.0 Å². The number of aryl methyl sites for hydroxylation is 3. The molecule has 6 aromatic rings. The predicted molar refractivity (Wildman–Crippen MR) is 268 cm³/mol. The molecule has 8 rings (SSSR count). The van der Waals surface area contributed by atoms with Crippen LogP contribution in [0.15, 0.2) is 83.3 Å². The minimum Gasteiger partial charge on any atom is -0.492 e. The van der Waals surface area contributed by atoms with E-state index in [-0.39, 0.29) is 63.2 Å². The van der Waals surface area contributed by atoms with Gasteiger partial charge in [0, 0.05) is 40.5 Å². The van der Waals surface area contributed by atoms with E-state index in [0.717, 1.165) is 54.0 Å². The van der Waals surface area contributed by atoms with Gasteiger partial charge < -0.3 is 30.7 Å². The van der Waals surface area contributed by atoms with Crippen LogP contribution in [0.1, 0.15) is 89.7 Å². The minimum absolute atomic E-state index is 0.00653. The molecule has 0 saturated carbocycles. The van der Waals surface area contributed by atoms with Crippen LogP contribution in [0.5, 0.6) is 5.75 Å². The van der Waals surface area contributed by atoms with Crippen LogP contribution in [0.25, 0.3) is 15.4 Å². The largest absolute Gasteiger partial charge is 0.492 e. The Balaban J connectivity index is 0.829. The van der Waals surface area contributed by atoms with E-state index in [4.69, 9.17) is 21.3 Å². The van der Waals surface area contributed by atoms with Crippen LogP contribution in [0.2, 0.25) is 5.02 Å². The molecule has 5 heterocycles. The molecule has 1 fully saturated rings. The highest BCUT2D eigenvalue weighted by atomic mass is 35.5. The average Bonchev–Trinajstić information content (AvgIpc) is 4.09. The fraction of sp³-hybridized carbons (Fsp3) is 0.373. The molecule has 15 nitrogen and oxygen atoms in total. The smallest absolute Gasteiger partial charge is 0.246 e. The van der Waals surface area contributed by atoms with E-state index in [1.165, 1.54) is 4.90 Å². The van der Waals surface area contributed by atoms with Gasteiger partial charge in [0.25, 0.3) is 0 Å². The standard InChI is InChI=1S/C51H56ClN9O6S2/c1-28-30(3)69-50-43(28)44(34-14-16-36(52)17-15-34)56-39(47-59-58-31(4)61(47)50)24-41(63)53-20-21-67-38-18-10-32(11-19-38)22-42(64)57-46(51(5,6)7)49(66)60-26-37(62)23-40(60)48(65)54-25-33-8-12-35(13-9-33)45-29(2)55-27-68-45/h8-19,27,37,39-40,46,62H,20-26H2,1-7H3,(H,53,63)(H,54,65)(H,57,64)/t37-,39+,40+,46-/m1/s1. The monoisotopic (exact) mass is 989 g/mol. The maximum atomic E-state index is 14.2. The summed E-state index contributed by atoms with van der Waals surface area (Å²) >= 11 is 9.47. The summed E-state index contributed by atoms with van der Waals surface area (Å²) < 4.78 is 7.95. The second-order valence-electron chi connectivity index (χ2n) is 18.6. The Hall–Kier alpha value is -6.27. The number of fused-ring (bicyclic) bond motifs is 3. The number of thiophene rings is 1. The van der Waals surface area contributed by atoms with Gasteiger partial charge in [-0.1, -0.05) is 80.9 Å². The van der Waals surface area contributed by atoms with E-state index in [1.807, 2.05) is 93.2 Å². The average molecular weight is 991 g/mol. The summed E-state index contributed by atoms with van der Waals surface area (Å²) in [6, 6.07) is 20.0. The lowest BCUT2D eigenvalue weighted by atomic mass is 9.85. The van der Waals surface area contributed by atoms with Gasteiger partial charge in [-0.15, -0.1) is 32.9 Å². The number of rotatable bonds is 15. The van der Waals surface area contributed by atoms with Gasteiger partial charge in [0.1, 0.15) is 41.3 Å². The summed E-state index contributed by atoms with van der Waals surface area (Å²) in [6.45, 7) is 14.2. The van der Waals surface area contributed by atoms with Crippen LogP contribution in [0.4, 0.5) is 0 Å². The van der Waals surface area contributed by atoms with Crippen molar-refractivity contribution in [2.45, 2.75) is 98.5 Å². The molecular weight excluding hydrogens is 934 g/mol. The number of nitrogens with zero attached hydrogens (tertiary/aromatic N) is 6. The van der Waals surface area contributed by atoms with Crippen molar-refractivity contribution in [3.8, 4) is 21.2 Å². The Bertz CT molecular complexity index is 2890. The first-order chi connectivity index (χ1) is 32.9. The number of carbonyl (C=O) groups is 4. The van der Waals surface area contributed by atoms with Gasteiger partial charge in [0.15, 0.2) is 5.82 Å². The van der Waals surface area contributed by atoms with E-state index in [9.17, 15) is 24.3 Å². The first-order valence-corrected chi connectivity index (χ1v) is 24.9. The molecule has 0 unspecified atom stereocenters. The summed E-state index contributed by atoms with van der Waals surface area (Å²) in [6.07, 6.45) is -0.751. The SMILES string of the molecule is Cc1ncsc1-c1ccc(CNC(=O)[C@@H]2C[C@@H](O)CN2C(=O)[C@@H](NC(=O)Cc2ccc(OCCNC(=O)C[C@@H]3N=C(c4ccc(Cl)cc4)c4c(sc(C)c4C)-n4c(C)nnc43)cc2)C(C)(C)C)cc1. The van der Waals surface area contributed by atoms with Crippen molar-refractivity contribution >= 4 is 63.6 Å². The quantitative estimate of drug-likeness (QED) is 0.0773. The number of aliphatic imine (C=N–C) groups is 1. The Morgan fingerprint density at radius 3 is 2.28 bits per heavy atom. The van der Waals surface area contributed by atoms with Crippen LogP contribution in [-0.4, -0.2) is 97.0 Å². The van der Waals surface area contributed by atoms with Gasteiger partial charge in [-0.25, -0.2) is 4.98 Å². The molecule has 360 valence electrons. The van der Waals surface area contributed by atoms with Crippen molar-refractivity contribution in [1.82, 2.24) is 40.6 Å². The third-order valence-corrected chi connectivity index (χ3v) is 14.9. The second-order valence-corrected chi connectivity index (χ2v) is 21.1. The van der Waals surface area contributed by atoms with Gasteiger partial charge in [-0.2, -0.15) is 0 Å². The van der Waals surface area contributed by atoms with Crippen LogP contribution in [0, 0.1) is 33.1 Å². The number of β-amino-alcohol motifs (C(OH)–C–C–N with tert-alkyl or cyclic N) is 1. The molecule has 0 radical (unpaired) electrons. The zero-order valence-corrected chi connectivity index (χ0v) is 42.0. The number of likely N-dealkylation sites (tertiary alicyclic amines) is 1. The van der Waals surface area contributed by atoms with E-state index in [0.29, 0.717) is 28.0 Å². The zero-order chi connectivity index (χ0) is 49.1. The number of thiazole rings is 1. The van der Waals surface area contributed by atoms with Gasteiger partial charge in [-0.3, -0.25) is 28.7 Å². The third kappa shape index (κ3) is 11.1. The van der Waals surface area contributed by atoms with Crippen molar-refractivity contribution in [2.75, 3.05) is 19.7 Å². The molecule has 2 aliphatic rings. The van der Waals surface area contributed by atoms with Crippen LogP contribution in [-0.2, 0) is 32.1 Å². The van der Waals surface area contributed by atoms with Crippen molar-refractivity contribution in [1.29, 1.82) is 0 Å². The first kappa shape index (κ1) is 49.2. The summed E-state index contributed by atoms with van der Waals surface area (Å²) in [4.78, 5) is 67.8. The van der Waals surface area contributed by atoms with Crippen LogP contribution < -0.4 is 20.7 Å². The Morgan fingerprint density at radius 1 is 0.899 bits per heavy atom. The number of amides is 4. The number of benzene rings is 3. The number of nitrogens with one attached hydrogen (secondary N) is 3. The normalized spacial score (nSPS) is 17.0. The van der Waals surface area contributed by atoms with Crippen molar-refractivity contribution in [3.05, 3.63) is 133 Å². The predicted octanol–water partition coefficient (Wildman–Crippen LogP) is 7.17. The Labute approximate surface area is 414 Å². The molecule has 3 aromatic heterocycles. The number of carbonyl (C=O) groups excluding carboxylic acids is 4. The number of aromatic nitrogens is 4. The molecule has 2 aliphatic heterocycles. The number of aliphatic hydroxyl groups excluding tert-OH is 1. The maximum Gasteiger partial charge on any atom is 0.246 e. The molecule has 18 heteroatoms. The molecule has 0 spiro atoms. The molecule has 3 aromatic carbocycles. The second kappa shape index (κ2) is 20.8. The van der Waals surface area contributed by atoms with Gasteiger partial charge in [-0.05, 0) is 79.6 Å². The molecule has 69 heavy (non-hydrogen) atoms. The highest BCUT2D eigenvalue weighted by Crippen LogP contribution is 2.40. The number of hydrogen-bond acceptors (Lipinski definition) is 12. The van der Waals surface area contributed by atoms with Gasteiger partial charge in [0.05, 0.1) is 47.3 Å².